The summed E-state index contributed by atoms with van der Waals surface area (Å²) in [5.74, 6) is 0.349. The Labute approximate surface area is 196 Å². The van der Waals surface area contributed by atoms with Gasteiger partial charge in [0, 0.05) is 12.6 Å². The van der Waals surface area contributed by atoms with E-state index in [4.69, 9.17) is 5.73 Å². The van der Waals surface area contributed by atoms with Gasteiger partial charge in [0.1, 0.15) is 11.6 Å². The van der Waals surface area contributed by atoms with Crippen LogP contribution in [0.2, 0.25) is 0 Å². The van der Waals surface area contributed by atoms with E-state index in [9.17, 15) is 4.39 Å². The number of anilines is 3. The lowest BCUT2D eigenvalue weighted by Crippen LogP contribution is -2.04. The van der Waals surface area contributed by atoms with Crippen molar-refractivity contribution >= 4 is 22.8 Å². The third-order valence-corrected chi connectivity index (χ3v) is 4.01. The number of hydrogen-bond donors (Lipinski definition) is 2. The van der Waals surface area contributed by atoms with E-state index in [0.717, 1.165) is 22.5 Å². The number of aromatic nitrogens is 2. The molecule has 0 spiro atoms. The minimum absolute atomic E-state index is 0.325. The molecule has 0 aliphatic heterocycles. The van der Waals surface area contributed by atoms with Crippen LogP contribution in [-0.4, -0.2) is 9.78 Å². The van der Waals surface area contributed by atoms with E-state index in [0.29, 0.717) is 28.2 Å². The maximum atomic E-state index is 14.9. The Morgan fingerprint density at radius 2 is 1.59 bits per heavy atom. The third kappa shape index (κ3) is 8.74. The van der Waals surface area contributed by atoms with Gasteiger partial charge in [-0.05, 0) is 64.0 Å². The number of halogens is 1. The Bertz CT molecular complexity index is 914. The van der Waals surface area contributed by atoms with Crippen molar-refractivity contribution in [2.24, 2.45) is 7.05 Å². The molecule has 0 saturated heterocycles. The van der Waals surface area contributed by atoms with E-state index >= 15 is 0 Å². The zero-order valence-electron chi connectivity index (χ0n) is 22.4. The summed E-state index contributed by atoms with van der Waals surface area (Å²) in [7, 11) is 1.82. The molecule has 1 aromatic carbocycles. The lowest BCUT2D eigenvalue weighted by molar-refractivity contribution is 0.668. The topological polar surface area (TPSA) is 55.9 Å². The van der Waals surface area contributed by atoms with Crippen LogP contribution in [0.4, 0.5) is 21.6 Å². The Kier molecular flexibility index (Phi) is 15.6. The van der Waals surface area contributed by atoms with Gasteiger partial charge >= 0.3 is 0 Å². The molecule has 0 atom stereocenters. The summed E-state index contributed by atoms with van der Waals surface area (Å²) in [4.78, 5) is 0. The number of nitrogens with one attached hydrogen (secondary N) is 1. The molecule has 3 N–H and O–H groups in total. The number of nitrogens with zero attached hydrogens (tertiary/aromatic N) is 2. The summed E-state index contributed by atoms with van der Waals surface area (Å²) in [5, 5.41) is 7.78. The third-order valence-electron chi connectivity index (χ3n) is 4.01. The number of allylic oxidation sites excluding steroid dienone is 5. The Balaban J connectivity index is 0. The maximum absolute atomic E-state index is 14.9. The standard InChI is InChI=1S/C21H27FN4.3C2H6/c1-12(2)10-16(22)19(13(3)4)20-15(6)25-26(7)21(20)24-18-9-8-14(5)11-17(18)23;3*1-2/h8-11,24H,3,23H2,1-2,4-7H3;3*1-2H3/b19-16-;;;. The predicted octanol–water partition coefficient (Wildman–Crippen LogP) is 8.66. The van der Waals surface area contributed by atoms with Crippen molar-refractivity contribution in [3.63, 3.8) is 0 Å². The van der Waals surface area contributed by atoms with E-state index in [1.54, 1.807) is 11.6 Å². The molecular formula is C27H45FN4. The van der Waals surface area contributed by atoms with Crippen LogP contribution >= 0.6 is 0 Å². The van der Waals surface area contributed by atoms with E-state index in [2.05, 4.69) is 17.0 Å². The van der Waals surface area contributed by atoms with Crippen LogP contribution in [0.1, 0.15) is 79.1 Å². The van der Waals surface area contributed by atoms with Gasteiger partial charge in [0.15, 0.2) is 0 Å². The lowest BCUT2D eigenvalue weighted by Gasteiger charge is -2.15. The Hall–Kier alpha value is -2.82. The number of nitrogen functional groups attached to an aromatic ring is 1. The predicted molar refractivity (Wildman–Crippen MR) is 143 cm³/mol. The van der Waals surface area contributed by atoms with Crippen molar-refractivity contribution in [3.8, 4) is 0 Å². The van der Waals surface area contributed by atoms with Gasteiger partial charge in [0.25, 0.3) is 0 Å². The summed E-state index contributed by atoms with van der Waals surface area (Å²) in [5.41, 5.74) is 12.0. The molecule has 0 radical (unpaired) electrons. The number of aryl methyl sites for hydroxylation is 3. The molecule has 1 heterocycles. The van der Waals surface area contributed by atoms with Gasteiger partial charge in [-0.2, -0.15) is 5.10 Å². The molecule has 5 heteroatoms. The quantitative estimate of drug-likeness (QED) is 0.358. The normalized spacial score (nSPS) is 10.2. The summed E-state index contributed by atoms with van der Waals surface area (Å²) >= 11 is 0. The fourth-order valence-electron chi connectivity index (χ4n) is 2.89. The number of benzene rings is 1. The summed E-state index contributed by atoms with van der Waals surface area (Å²) in [6.07, 6.45) is 1.51. The average molecular weight is 445 g/mol. The SMILES string of the molecule is C=C(C)/C(=C(/F)C=C(C)C)c1c(C)nn(C)c1Nc1ccc(C)cc1N.CC.CC.CC. The zero-order valence-corrected chi connectivity index (χ0v) is 22.4. The summed E-state index contributed by atoms with van der Waals surface area (Å²) < 4.78 is 16.6. The molecule has 180 valence electrons. The van der Waals surface area contributed by atoms with Crippen LogP contribution in [-0.2, 0) is 7.05 Å². The van der Waals surface area contributed by atoms with Gasteiger partial charge in [-0.25, -0.2) is 4.39 Å². The van der Waals surface area contributed by atoms with Crippen molar-refractivity contribution in [1.82, 2.24) is 9.78 Å². The highest BCUT2D eigenvalue weighted by Crippen LogP contribution is 2.37. The second kappa shape index (κ2) is 15.9. The average Bonchev–Trinajstić information content (AvgIpc) is 3.01. The molecule has 0 bridgehead atoms. The van der Waals surface area contributed by atoms with E-state index in [1.165, 1.54) is 6.08 Å². The largest absolute Gasteiger partial charge is 0.397 e. The fraction of sp³-hybridized carbons (Fsp3) is 0.444. The number of hydrogen-bond acceptors (Lipinski definition) is 3. The van der Waals surface area contributed by atoms with Gasteiger partial charge in [-0.15, -0.1) is 0 Å². The molecule has 0 aliphatic rings. The van der Waals surface area contributed by atoms with Crippen LogP contribution < -0.4 is 11.1 Å². The smallest absolute Gasteiger partial charge is 0.136 e. The Morgan fingerprint density at radius 1 is 1.06 bits per heavy atom. The lowest BCUT2D eigenvalue weighted by atomic mass is 9.98. The van der Waals surface area contributed by atoms with Gasteiger partial charge in [0.2, 0.25) is 0 Å². The molecule has 0 aliphatic carbocycles. The van der Waals surface area contributed by atoms with Crippen LogP contribution in [0.25, 0.3) is 5.57 Å². The minimum Gasteiger partial charge on any atom is -0.397 e. The van der Waals surface area contributed by atoms with Crippen molar-refractivity contribution in [1.29, 1.82) is 0 Å². The van der Waals surface area contributed by atoms with Crippen LogP contribution in [0.5, 0.6) is 0 Å². The first-order valence-corrected chi connectivity index (χ1v) is 11.5. The van der Waals surface area contributed by atoms with Crippen LogP contribution in [0.3, 0.4) is 0 Å². The van der Waals surface area contributed by atoms with Gasteiger partial charge in [-0.3, -0.25) is 4.68 Å². The highest BCUT2D eigenvalue weighted by molar-refractivity contribution is 5.89. The maximum Gasteiger partial charge on any atom is 0.136 e. The summed E-state index contributed by atoms with van der Waals surface area (Å²) in [6, 6.07) is 5.78. The van der Waals surface area contributed by atoms with E-state index in [1.807, 2.05) is 94.5 Å². The highest BCUT2D eigenvalue weighted by Gasteiger charge is 2.21. The minimum atomic E-state index is -0.325. The van der Waals surface area contributed by atoms with Crippen molar-refractivity contribution < 1.29 is 4.39 Å². The molecule has 0 amide bonds. The first kappa shape index (κ1) is 31.4. The fourth-order valence-corrected chi connectivity index (χ4v) is 2.89. The first-order valence-electron chi connectivity index (χ1n) is 11.5. The molecule has 1 aromatic heterocycles. The van der Waals surface area contributed by atoms with Gasteiger partial charge < -0.3 is 11.1 Å². The van der Waals surface area contributed by atoms with Crippen LogP contribution in [0.15, 0.2) is 47.8 Å². The number of nitrogens with two attached hydrogens (primary N) is 1. The van der Waals surface area contributed by atoms with Crippen molar-refractivity contribution in [3.05, 3.63) is 64.6 Å². The monoisotopic (exact) mass is 444 g/mol. The van der Waals surface area contributed by atoms with E-state index in [-0.39, 0.29) is 5.83 Å². The second-order valence-corrected chi connectivity index (χ2v) is 6.87. The highest BCUT2D eigenvalue weighted by atomic mass is 19.1. The molecule has 4 nitrogen and oxygen atoms in total. The second-order valence-electron chi connectivity index (χ2n) is 6.87. The van der Waals surface area contributed by atoms with Crippen molar-refractivity contribution in [2.75, 3.05) is 11.1 Å². The molecule has 0 fully saturated rings. The summed E-state index contributed by atoms with van der Waals surface area (Å²) in [6.45, 7) is 25.3. The van der Waals surface area contributed by atoms with Gasteiger partial charge in [-0.1, -0.05) is 59.8 Å². The molecular weight excluding hydrogens is 399 g/mol. The van der Waals surface area contributed by atoms with Crippen molar-refractivity contribution in [2.45, 2.75) is 76.2 Å². The molecule has 2 rings (SSSR count). The molecule has 32 heavy (non-hydrogen) atoms. The van der Waals surface area contributed by atoms with E-state index < -0.39 is 0 Å². The Morgan fingerprint density at radius 3 is 2.03 bits per heavy atom. The van der Waals surface area contributed by atoms with Gasteiger partial charge in [0.05, 0.1) is 22.6 Å². The first-order chi connectivity index (χ1) is 15.1. The molecule has 2 aromatic rings. The van der Waals surface area contributed by atoms with Crippen LogP contribution in [0, 0.1) is 13.8 Å². The zero-order chi connectivity index (χ0) is 25.6. The molecule has 0 unspecified atom stereocenters. The number of rotatable bonds is 5. The molecule has 0 saturated carbocycles.